The SMILES string of the molecule is O=C(OC(=O)C(F)(F)F)C(F)(F)F.O=C(OC(=O)C(F)(F)F)C(F)(F)F. The lowest BCUT2D eigenvalue weighted by Crippen LogP contribution is -2.34. The Morgan fingerprint density at radius 1 is 0.385 bits per heavy atom. The zero-order chi connectivity index (χ0) is 21.7. The van der Waals surface area contributed by atoms with Crippen LogP contribution < -0.4 is 0 Å². The molecule has 0 fully saturated rings. The number of esters is 4. The van der Waals surface area contributed by atoms with Crippen LogP contribution in [0.2, 0.25) is 0 Å². The maximum atomic E-state index is 11.2. The maximum absolute atomic E-state index is 11.2. The summed E-state index contributed by atoms with van der Waals surface area (Å²) in [5, 5.41) is 0. The summed E-state index contributed by atoms with van der Waals surface area (Å²) < 4.78 is 139. The third kappa shape index (κ3) is 10.3. The first-order chi connectivity index (χ1) is 11.1. The van der Waals surface area contributed by atoms with Crippen LogP contribution in [0.1, 0.15) is 0 Å². The predicted molar refractivity (Wildman–Crippen MR) is 46.4 cm³/mol. The first-order valence-electron chi connectivity index (χ1n) is 4.90. The molecule has 0 unspecified atom stereocenters. The fourth-order valence-corrected chi connectivity index (χ4v) is 0.400. The summed E-state index contributed by atoms with van der Waals surface area (Å²) >= 11 is 0. The third-order valence-corrected chi connectivity index (χ3v) is 1.30. The summed E-state index contributed by atoms with van der Waals surface area (Å²) in [7, 11) is 0. The smallest absolute Gasteiger partial charge is 0.380 e. The number of halogens is 12. The Morgan fingerprint density at radius 2 is 0.500 bits per heavy atom. The van der Waals surface area contributed by atoms with Crippen molar-refractivity contribution >= 4 is 23.9 Å². The highest BCUT2D eigenvalue weighted by Crippen LogP contribution is 2.22. The minimum absolute atomic E-state index is 2.45. The van der Waals surface area contributed by atoms with E-state index in [0.29, 0.717) is 0 Å². The molecule has 0 aliphatic heterocycles. The Morgan fingerprint density at radius 3 is 0.577 bits per heavy atom. The number of carbonyl (C=O) groups excluding carboxylic acids is 4. The van der Waals surface area contributed by atoms with E-state index in [9.17, 15) is 71.9 Å². The van der Waals surface area contributed by atoms with Gasteiger partial charge in [-0.1, -0.05) is 0 Å². The lowest BCUT2D eigenvalue weighted by Gasteiger charge is -2.06. The third-order valence-electron chi connectivity index (χ3n) is 1.30. The van der Waals surface area contributed by atoms with Gasteiger partial charge in [-0.05, 0) is 0 Å². The Labute approximate surface area is 131 Å². The van der Waals surface area contributed by atoms with Gasteiger partial charge < -0.3 is 9.47 Å². The van der Waals surface area contributed by atoms with Crippen molar-refractivity contribution in [3.8, 4) is 0 Å². The molecular formula is C8F12O6. The van der Waals surface area contributed by atoms with Crippen LogP contribution in [0, 0.1) is 0 Å². The van der Waals surface area contributed by atoms with Crippen molar-refractivity contribution in [2.24, 2.45) is 0 Å². The van der Waals surface area contributed by atoms with Crippen molar-refractivity contribution in [3.05, 3.63) is 0 Å². The zero-order valence-electron chi connectivity index (χ0n) is 11.0. The van der Waals surface area contributed by atoms with E-state index in [2.05, 4.69) is 9.47 Å². The lowest BCUT2D eigenvalue weighted by molar-refractivity contribution is -0.221. The summed E-state index contributed by atoms with van der Waals surface area (Å²) in [6.07, 6.45) is -22.5. The summed E-state index contributed by atoms with van der Waals surface area (Å²) in [6, 6.07) is 0. The molecule has 0 N–H and O–H groups in total. The summed E-state index contributed by atoms with van der Waals surface area (Å²) in [5.41, 5.74) is 0. The fraction of sp³-hybridized carbons (Fsp3) is 0.500. The normalized spacial score (nSPS) is 12.5. The van der Waals surface area contributed by atoms with Gasteiger partial charge in [0.1, 0.15) is 0 Å². The van der Waals surface area contributed by atoms with Crippen LogP contribution in [0.5, 0.6) is 0 Å². The van der Waals surface area contributed by atoms with E-state index < -0.39 is 48.6 Å². The number of rotatable bonds is 0. The van der Waals surface area contributed by atoms with Crippen molar-refractivity contribution < 1.29 is 81.3 Å². The molecule has 0 radical (unpaired) electrons. The molecule has 0 aromatic carbocycles. The quantitative estimate of drug-likeness (QED) is 0.340. The average molecular weight is 420 g/mol. The number of alkyl halides is 12. The van der Waals surface area contributed by atoms with Crippen molar-refractivity contribution in [1.29, 1.82) is 0 Å². The number of hydrogen-bond acceptors (Lipinski definition) is 6. The molecule has 0 heterocycles. The van der Waals surface area contributed by atoms with Crippen LogP contribution in [0.25, 0.3) is 0 Å². The molecule has 0 rings (SSSR count). The maximum Gasteiger partial charge on any atom is 0.491 e. The van der Waals surface area contributed by atoms with E-state index in [0.717, 1.165) is 0 Å². The van der Waals surface area contributed by atoms with Crippen molar-refractivity contribution in [3.63, 3.8) is 0 Å². The summed E-state index contributed by atoms with van der Waals surface area (Å²) in [5.74, 6) is -12.8. The molecule has 0 bridgehead atoms. The van der Waals surface area contributed by atoms with E-state index in [1.54, 1.807) is 0 Å². The minimum Gasteiger partial charge on any atom is -0.380 e. The van der Waals surface area contributed by atoms with Gasteiger partial charge in [0.2, 0.25) is 0 Å². The first kappa shape index (κ1) is 25.7. The van der Waals surface area contributed by atoms with Gasteiger partial charge in [0.25, 0.3) is 0 Å². The monoisotopic (exact) mass is 420 g/mol. The van der Waals surface area contributed by atoms with E-state index in [4.69, 9.17) is 0 Å². The van der Waals surface area contributed by atoms with Gasteiger partial charge in [0, 0.05) is 0 Å². The molecule has 18 heteroatoms. The molecular weight excluding hydrogens is 420 g/mol. The molecule has 0 aromatic heterocycles. The number of hydrogen-bond donors (Lipinski definition) is 0. The first-order valence-corrected chi connectivity index (χ1v) is 4.90. The lowest BCUT2D eigenvalue weighted by atomic mass is 10.6. The second-order valence-corrected chi connectivity index (χ2v) is 3.34. The number of ether oxygens (including phenoxy) is 2. The van der Waals surface area contributed by atoms with Crippen LogP contribution in [0.4, 0.5) is 52.7 Å². The van der Waals surface area contributed by atoms with E-state index >= 15 is 0 Å². The van der Waals surface area contributed by atoms with Crippen LogP contribution in [0.3, 0.4) is 0 Å². The molecule has 152 valence electrons. The van der Waals surface area contributed by atoms with Crippen LogP contribution >= 0.6 is 0 Å². The van der Waals surface area contributed by atoms with E-state index in [1.807, 2.05) is 0 Å². The minimum atomic E-state index is -5.62. The number of carbonyl (C=O) groups is 4. The molecule has 6 nitrogen and oxygen atoms in total. The highest BCUT2D eigenvalue weighted by atomic mass is 19.4. The Hall–Kier alpha value is -2.56. The van der Waals surface area contributed by atoms with Crippen LogP contribution in [-0.2, 0) is 28.7 Å². The highest BCUT2D eigenvalue weighted by molar-refractivity contribution is 5.91. The van der Waals surface area contributed by atoms with E-state index in [-0.39, 0.29) is 0 Å². The van der Waals surface area contributed by atoms with Gasteiger partial charge in [0.05, 0.1) is 0 Å². The molecule has 0 saturated carbocycles. The van der Waals surface area contributed by atoms with Crippen molar-refractivity contribution in [2.75, 3.05) is 0 Å². The van der Waals surface area contributed by atoms with Gasteiger partial charge in [0.15, 0.2) is 0 Å². The Bertz CT molecular complexity index is 452. The highest BCUT2D eigenvalue weighted by Gasteiger charge is 2.50. The Kier molecular flexibility index (Phi) is 8.11. The average Bonchev–Trinajstić information content (AvgIpc) is 2.34. The second-order valence-electron chi connectivity index (χ2n) is 3.34. The van der Waals surface area contributed by atoms with Crippen molar-refractivity contribution in [2.45, 2.75) is 24.7 Å². The Balaban J connectivity index is 0. The van der Waals surface area contributed by atoms with Crippen LogP contribution in [-0.4, -0.2) is 48.6 Å². The van der Waals surface area contributed by atoms with Crippen LogP contribution in [0.15, 0.2) is 0 Å². The molecule has 0 saturated heterocycles. The second kappa shape index (κ2) is 8.21. The van der Waals surface area contributed by atoms with E-state index in [1.165, 1.54) is 0 Å². The molecule has 0 atom stereocenters. The van der Waals surface area contributed by atoms with Gasteiger partial charge >= 0.3 is 48.6 Å². The topological polar surface area (TPSA) is 86.7 Å². The van der Waals surface area contributed by atoms with Gasteiger partial charge in [-0.25, -0.2) is 19.2 Å². The standard InChI is InChI=1S/2C4F6O3/c2*5-3(6,7)1(11)13-2(12)4(8,9)10. The van der Waals surface area contributed by atoms with Gasteiger partial charge in [-0.2, -0.15) is 52.7 Å². The zero-order valence-corrected chi connectivity index (χ0v) is 11.0. The molecule has 0 aliphatic carbocycles. The fourth-order valence-electron chi connectivity index (χ4n) is 0.400. The van der Waals surface area contributed by atoms with Crippen molar-refractivity contribution in [1.82, 2.24) is 0 Å². The molecule has 0 aliphatic rings. The summed E-state index contributed by atoms with van der Waals surface area (Å²) in [6.45, 7) is 0. The molecule has 0 spiro atoms. The van der Waals surface area contributed by atoms with Gasteiger partial charge in [-0.3, -0.25) is 0 Å². The van der Waals surface area contributed by atoms with Gasteiger partial charge in [-0.15, -0.1) is 0 Å². The summed E-state index contributed by atoms with van der Waals surface area (Å²) in [4.78, 5) is 38.6. The molecule has 26 heavy (non-hydrogen) atoms. The molecule has 0 amide bonds. The molecule has 0 aromatic rings. The predicted octanol–water partition coefficient (Wildman–Crippen LogP) is 2.36. The largest absolute Gasteiger partial charge is 0.491 e.